The average Bonchev–Trinajstić information content (AvgIpc) is 3.73. The van der Waals surface area contributed by atoms with Gasteiger partial charge in [0, 0.05) is 23.7 Å². The van der Waals surface area contributed by atoms with E-state index < -0.39 is 5.41 Å². The summed E-state index contributed by atoms with van der Waals surface area (Å²) in [5, 5.41) is 9.99. The Morgan fingerprint density at radius 2 is 1.94 bits per heavy atom. The number of allylic oxidation sites excluding steroid dienone is 1. The maximum Gasteiger partial charge on any atom is 0.213 e. The van der Waals surface area contributed by atoms with Crippen LogP contribution in [0.5, 0.6) is 5.88 Å². The number of hydrogen-bond donors (Lipinski definition) is 1. The number of ether oxygens (including phenoxy) is 1. The predicted octanol–water partition coefficient (Wildman–Crippen LogP) is 6.07. The molecule has 1 N–H and O–H groups in total. The van der Waals surface area contributed by atoms with Gasteiger partial charge in [-0.05, 0) is 77.1 Å². The van der Waals surface area contributed by atoms with E-state index in [0.29, 0.717) is 17.4 Å². The van der Waals surface area contributed by atoms with Crippen LogP contribution in [-0.4, -0.2) is 30.1 Å². The molecule has 1 saturated carbocycles. The Morgan fingerprint density at radius 1 is 1.14 bits per heavy atom. The average molecular weight is 472 g/mol. The quantitative estimate of drug-likeness (QED) is 0.405. The number of benzene rings is 2. The Balaban J connectivity index is 1.48. The molecule has 1 fully saturated rings. The summed E-state index contributed by atoms with van der Waals surface area (Å²) in [6, 6.07) is 15.4. The number of aromatic nitrogens is 1. The summed E-state index contributed by atoms with van der Waals surface area (Å²) in [7, 11) is 1.56. The summed E-state index contributed by atoms with van der Waals surface area (Å²) in [5.41, 5.74) is 5.78. The molecule has 0 aliphatic heterocycles. The Bertz CT molecular complexity index is 1300. The van der Waals surface area contributed by atoms with Crippen molar-refractivity contribution in [2.24, 2.45) is 11.3 Å². The number of methoxy groups -OCH3 is 1. The molecular formula is C30H30FNO3. The van der Waals surface area contributed by atoms with Gasteiger partial charge < -0.3 is 14.6 Å². The molecule has 1 heterocycles. The summed E-state index contributed by atoms with van der Waals surface area (Å²) in [6.45, 7) is 1.68. The van der Waals surface area contributed by atoms with Crippen LogP contribution in [-0.2, 0) is 11.2 Å². The van der Waals surface area contributed by atoms with Crippen molar-refractivity contribution in [1.82, 2.24) is 4.98 Å². The Morgan fingerprint density at radius 3 is 2.63 bits per heavy atom. The lowest BCUT2D eigenvalue weighted by molar-refractivity contribution is -0.119. The van der Waals surface area contributed by atoms with E-state index in [2.05, 4.69) is 29.3 Å². The summed E-state index contributed by atoms with van der Waals surface area (Å²) in [6.07, 6.45) is 8.40. The van der Waals surface area contributed by atoms with Crippen LogP contribution in [0.15, 0.2) is 54.7 Å². The van der Waals surface area contributed by atoms with Gasteiger partial charge in [0.15, 0.2) is 0 Å². The smallest absolute Gasteiger partial charge is 0.213 e. The molecule has 180 valence electrons. The fourth-order valence-electron chi connectivity index (χ4n) is 5.40. The molecule has 5 heteroatoms. The second-order valence-corrected chi connectivity index (χ2v) is 10.0. The van der Waals surface area contributed by atoms with Crippen molar-refractivity contribution in [3.63, 3.8) is 0 Å². The van der Waals surface area contributed by atoms with Crippen molar-refractivity contribution in [3.05, 3.63) is 82.8 Å². The third-order valence-corrected chi connectivity index (χ3v) is 7.53. The number of carbonyl (C=O) groups is 1. The largest absolute Gasteiger partial charge is 0.481 e. The first-order chi connectivity index (χ1) is 17.0. The van der Waals surface area contributed by atoms with Crippen molar-refractivity contribution in [2.45, 2.75) is 38.5 Å². The molecule has 1 aromatic heterocycles. The van der Waals surface area contributed by atoms with Crippen LogP contribution in [0, 0.1) is 17.2 Å². The van der Waals surface area contributed by atoms with Gasteiger partial charge in [-0.3, -0.25) is 0 Å². The molecule has 35 heavy (non-hydrogen) atoms. The number of fused-ring (bicyclic) bond motifs is 1. The maximum absolute atomic E-state index is 15.3. The Labute approximate surface area is 205 Å². The van der Waals surface area contributed by atoms with Gasteiger partial charge in [0.25, 0.3) is 0 Å². The molecular weight excluding hydrogens is 441 g/mol. The molecule has 0 amide bonds. The standard InChI is InChI=1S/C30H30FNO3/c1-30(17-33,18-34)29(20-5-6-20)24-8-4-19-3-7-23(13-25(19)14-24)26-10-9-21(15-27(26)31)22-11-12-32-28(16-22)35-2/h4,8-17,20,29,34H,3,5-7,18H2,1-2H3/t29-,30-/m0/s1. The summed E-state index contributed by atoms with van der Waals surface area (Å²) in [4.78, 5) is 16.0. The van der Waals surface area contributed by atoms with E-state index in [1.165, 1.54) is 5.56 Å². The van der Waals surface area contributed by atoms with E-state index in [4.69, 9.17) is 4.74 Å². The number of hydrogen-bond acceptors (Lipinski definition) is 4. The second kappa shape index (κ2) is 9.38. The SMILES string of the molecule is COc1cc(-c2ccc(C3=Cc4cc([C@H](C5CC5)[C@@](C)(C=O)CO)ccc4CC3)c(F)c2)ccn1. The van der Waals surface area contributed by atoms with Crippen LogP contribution in [0.25, 0.3) is 22.8 Å². The normalized spacial score (nSPS) is 17.7. The van der Waals surface area contributed by atoms with Crippen LogP contribution in [0.3, 0.4) is 0 Å². The minimum Gasteiger partial charge on any atom is -0.481 e. The van der Waals surface area contributed by atoms with Gasteiger partial charge in [-0.15, -0.1) is 0 Å². The minimum absolute atomic E-state index is 0.0116. The first-order valence-corrected chi connectivity index (χ1v) is 12.2. The van der Waals surface area contributed by atoms with Gasteiger partial charge in [0.1, 0.15) is 12.1 Å². The lowest BCUT2D eigenvalue weighted by Crippen LogP contribution is -2.32. The highest BCUT2D eigenvalue weighted by Crippen LogP contribution is 2.51. The zero-order valence-corrected chi connectivity index (χ0v) is 20.1. The summed E-state index contributed by atoms with van der Waals surface area (Å²) >= 11 is 0. The molecule has 0 bridgehead atoms. The maximum atomic E-state index is 15.3. The van der Waals surface area contributed by atoms with Crippen LogP contribution in [0.1, 0.15) is 54.4 Å². The lowest BCUT2D eigenvalue weighted by Gasteiger charge is -2.32. The first kappa shape index (κ1) is 23.4. The minimum atomic E-state index is -0.797. The van der Waals surface area contributed by atoms with Crippen molar-refractivity contribution >= 4 is 17.9 Å². The lowest BCUT2D eigenvalue weighted by atomic mass is 9.71. The third-order valence-electron chi connectivity index (χ3n) is 7.53. The molecule has 4 nitrogen and oxygen atoms in total. The number of aliphatic hydroxyl groups is 1. The molecule has 2 aliphatic carbocycles. The number of aliphatic hydroxyl groups excluding tert-OH is 1. The number of carbonyl (C=O) groups excluding carboxylic acids is 1. The molecule has 0 spiro atoms. The molecule has 3 aromatic rings. The van der Waals surface area contributed by atoms with E-state index in [1.54, 1.807) is 25.4 Å². The Kier molecular flexibility index (Phi) is 6.28. The highest BCUT2D eigenvalue weighted by Gasteiger charge is 2.44. The van der Waals surface area contributed by atoms with Gasteiger partial charge in [-0.1, -0.05) is 43.3 Å². The molecule has 5 rings (SSSR count). The fourth-order valence-corrected chi connectivity index (χ4v) is 5.40. The first-order valence-electron chi connectivity index (χ1n) is 12.2. The number of pyridine rings is 1. The number of halogens is 1. The van der Waals surface area contributed by atoms with Crippen molar-refractivity contribution < 1.29 is 19.0 Å². The second-order valence-electron chi connectivity index (χ2n) is 10.0. The zero-order chi connectivity index (χ0) is 24.6. The molecule has 0 saturated heterocycles. The Hall–Kier alpha value is -3.31. The van der Waals surface area contributed by atoms with E-state index in [9.17, 15) is 9.90 Å². The highest BCUT2D eigenvalue weighted by atomic mass is 19.1. The molecule has 2 aliphatic rings. The van der Waals surface area contributed by atoms with Crippen LogP contribution in [0.2, 0.25) is 0 Å². The summed E-state index contributed by atoms with van der Waals surface area (Å²) in [5.74, 6) is 0.640. The van der Waals surface area contributed by atoms with Crippen LogP contribution in [0.4, 0.5) is 4.39 Å². The van der Waals surface area contributed by atoms with E-state index in [0.717, 1.165) is 59.8 Å². The molecule has 2 atom stereocenters. The highest BCUT2D eigenvalue weighted by molar-refractivity contribution is 5.85. The van der Waals surface area contributed by atoms with Gasteiger partial charge in [0.2, 0.25) is 5.88 Å². The van der Waals surface area contributed by atoms with Crippen LogP contribution >= 0.6 is 0 Å². The van der Waals surface area contributed by atoms with Gasteiger partial charge in [0.05, 0.1) is 19.1 Å². The number of rotatable bonds is 8. The topological polar surface area (TPSA) is 59.4 Å². The van der Waals surface area contributed by atoms with Gasteiger partial charge in [-0.2, -0.15) is 0 Å². The molecule has 0 unspecified atom stereocenters. The predicted molar refractivity (Wildman–Crippen MR) is 136 cm³/mol. The van der Waals surface area contributed by atoms with E-state index in [1.807, 2.05) is 25.1 Å². The van der Waals surface area contributed by atoms with E-state index in [-0.39, 0.29) is 18.3 Å². The van der Waals surface area contributed by atoms with Crippen LogP contribution < -0.4 is 4.74 Å². The van der Waals surface area contributed by atoms with Crippen molar-refractivity contribution in [1.29, 1.82) is 0 Å². The molecule has 0 radical (unpaired) electrons. The van der Waals surface area contributed by atoms with Crippen molar-refractivity contribution in [2.75, 3.05) is 13.7 Å². The number of nitrogens with zero attached hydrogens (tertiary/aromatic N) is 1. The fraction of sp³-hybridized carbons (Fsp3) is 0.333. The summed E-state index contributed by atoms with van der Waals surface area (Å²) < 4.78 is 20.5. The molecule has 2 aromatic carbocycles. The van der Waals surface area contributed by atoms with Crippen molar-refractivity contribution in [3.8, 4) is 17.0 Å². The number of aldehydes is 1. The van der Waals surface area contributed by atoms with Gasteiger partial charge >= 0.3 is 0 Å². The monoisotopic (exact) mass is 471 g/mol. The number of aryl methyl sites for hydroxylation is 1. The van der Waals surface area contributed by atoms with Gasteiger partial charge in [-0.25, -0.2) is 9.37 Å². The van der Waals surface area contributed by atoms with E-state index >= 15 is 4.39 Å². The third kappa shape index (κ3) is 4.53. The zero-order valence-electron chi connectivity index (χ0n) is 20.1.